The van der Waals surface area contributed by atoms with Crippen molar-refractivity contribution in [1.29, 1.82) is 0 Å². The molecule has 1 fully saturated rings. The Balaban J connectivity index is 2.02. The Morgan fingerprint density at radius 3 is 2.76 bits per heavy atom. The first kappa shape index (κ1) is 11.9. The minimum Gasteiger partial charge on any atom is -0.478 e. The second-order valence-electron chi connectivity index (χ2n) is 3.50. The lowest BCUT2D eigenvalue weighted by atomic mass is 10.3. The maximum atomic E-state index is 11.8. The fourth-order valence-electron chi connectivity index (χ4n) is 1.52. The molecule has 2 amide bonds. The quantitative estimate of drug-likeness (QED) is 0.836. The van der Waals surface area contributed by atoms with Crippen LogP contribution in [0.3, 0.4) is 0 Å². The van der Waals surface area contributed by atoms with Crippen molar-refractivity contribution < 1.29 is 19.4 Å². The predicted octanol–water partition coefficient (Wildman–Crippen LogP) is 1.31. The van der Waals surface area contributed by atoms with Crippen molar-refractivity contribution in [3.8, 4) is 0 Å². The van der Waals surface area contributed by atoms with Gasteiger partial charge in [0.25, 0.3) is 0 Å². The van der Waals surface area contributed by atoms with Crippen LogP contribution in [-0.2, 0) is 4.74 Å². The average molecular weight is 256 g/mol. The summed E-state index contributed by atoms with van der Waals surface area (Å²) in [6.45, 7) is 2.09. The molecule has 1 aromatic rings. The largest absolute Gasteiger partial charge is 0.478 e. The van der Waals surface area contributed by atoms with Gasteiger partial charge in [-0.1, -0.05) is 0 Å². The Labute approximate surface area is 102 Å². The van der Waals surface area contributed by atoms with Gasteiger partial charge in [-0.25, -0.2) is 9.59 Å². The van der Waals surface area contributed by atoms with E-state index in [9.17, 15) is 9.59 Å². The number of morpholine rings is 1. The molecule has 0 aliphatic carbocycles. The lowest BCUT2D eigenvalue weighted by molar-refractivity contribution is 0.0564. The first-order valence-corrected chi connectivity index (χ1v) is 6.01. The molecule has 0 bridgehead atoms. The molecule has 17 heavy (non-hydrogen) atoms. The minimum atomic E-state index is -1.04. The van der Waals surface area contributed by atoms with Gasteiger partial charge in [-0.05, 0) is 11.4 Å². The summed E-state index contributed by atoms with van der Waals surface area (Å²) in [4.78, 5) is 24.3. The molecule has 7 heteroatoms. The lowest BCUT2D eigenvalue weighted by Gasteiger charge is -2.26. The molecule has 1 aliphatic rings. The fraction of sp³-hybridized carbons (Fsp3) is 0.400. The van der Waals surface area contributed by atoms with Gasteiger partial charge >= 0.3 is 12.0 Å². The fourth-order valence-corrected chi connectivity index (χ4v) is 2.29. The van der Waals surface area contributed by atoms with Crippen LogP contribution < -0.4 is 5.32 Å². The van der Waals surface area contributed by atoms with Gasteiger partial charge in [-0.15, -0.1) is 11.3 Å². The van der Waals surface area contributed by atoms with Gasteiger partial charge < -0.3 is 14.7 Å². The minimum absolute atomic E-state index is 0.122. The molecule has 0 radical (unpaired) electrons. The number of carboxylic acid groups (broad SMARTS) is 1. The van der Waals surface area contributed by atoms with Crippen molar-refractivity contribution in [2.24, 2.45) is 0 Å². The molecule has 92 valence electrons. The van der Waals surface area contributed by atoms with Gasteiger partial charge in [0, 0.05) is 13.1 Å². The van der Waals surface area contributed by atoms with Crippen LogP contribution in [0.2, 0.25) is 0 Å². The molecule has 0 unspecified atom stereocenters. The Hall–Kier alpha value is -1.60. The summed E-state index contributed by atoms with van der Waals surface area (Å²) >= 11 is 1.20. The third-order valence-electron chi connectivity index (χ3n) is 2.41. The number of carboxylic acids is 1. The SMILES string of the molecule is O=C(O)c1ccsc1NC(=O)N1CCOCC1. The van der Waals surface area contributed by atoms with Crippen molar-refractivity contribution in [3.05, 3.63) is 17.0 Å². The molecule has 0 spiro atoms. The van der Waals surface area contributed by atoms with E-state index in [0.717, 1.165) is 0 Å². The first-order chi connectivity index (χ1) is 8.18. The summed E-state index contributed by atoms with van der Waals surface area (Å²) in [5, 5.41) is 13.5. The molecular weight excluding hydrogens is 244 g/mol. The normalized spacial score (nSPS) is 15.6. The highest BCUT2D eigenvalue weighted by Gasteiger charge is 2.19. The van der Waals surface area contributed by atoms with E-state index in [1.165, 1.54) is 17.4 Å². The number of nitrogens with one attached hydrogen (secondary N) is 1. The number of amides is 2. The number of rotatable bonds is 2. The monoisotopic (exact) mass is 256 g/mol. The molecular formula is C10H12N2O4S. The van der Waals surface area contributed by atoms with Crippen molar-refractivity contribution in [1.82, 2.24) is 4.90 Å². The Kier molecular flexibility index (Phi) is 3.60. The van der Waals surface area contributed by atoms with E-state index in [-0.39, 0.29) is 11.6 Å². The molecule has 1 aromatic heterocycles. The lowest BCUT2D eigenvalue weighted by Crippen LogP contribution is -2.43. The molecule has 0 aromatic carbocycles. The topological polar surface area (TPSA) is 78.9 Å². The molecule has 2 rings (SSSR count). The van der Waals surface area contributed by atoms with Crippen molar-refractivity contribution in [3.63, 3.8) is 0 Å². The zero-order valence-electron chi connectivity index (χ0n) is 9.01. The maximum absolute atomic E-state index is 11.8. The number of nitrogens with zero attached hydrogens (tertiary/aromatic N) is 1. The van der Waals surface area contributed by atoms with Crippen molar-refractivity contribution in [2.75, 3.05) is 31.6 Å². The standard InChI is InChI=1S/C10H12N2O4S/c13-9(14)7-1-6-17-8(7)11-10(15)12-2-4-16-5-3-12/h1,6H,2-5H2,(H,11,15)(H,13,14). The molecule has 0 atom stereocenters. The molecule has 0 saturated carbocycles. The molecule has 6 nitrogen and oxygen atoms in total. The zero-order chi connectivity index (χ0) is 12.3. The zero-order valence-corrected chi connectivity index (χ0v) is 9.83. The first-order valence-electron chi connectivity index (χ1n) is 5.13. The third-order valence-corrected chi connectivity index (χ3v) is 3.24. The number of aromatic carboxylic acids is 1. The van der Waals surface area contributed by atoms with Gasteiger partial charge in [0.2, 0.25) is 0 Å². The van der Waals surface area contributed by atoms with Gasteiger partial charge in [-0.2, -0.15) is 0 Å². The Morgan fingerprint density at radius 1 is 1.41 bits per heavy atom. The van der Waals surface area contributed by atoms with E-state index in [2.05, 4.69) is 5.32 Å². The second-order valence-corrected chi connectivity index (χ2v) is 4.41. The van der Waals surface area contributed by atoms with Gasteiger partial charge in [0.1, 0.15) is 5.00 Å². The number of carbonyl (C=O) groups is 2. The smallest absolute Gasteiger partial charge is 0.338 e. The molecule has 2 N–H and O–H groups in total. The summed E-state index contributed by atoms with van der Waals surface area (Å²) in [7, 11) is 0. The van der Waals surface area contributed by atoms with Crippen LogP contribution >= 0.6 is 11.3 Å². The maximum Gasteiger partial charge on any atom is 0.338 e. The summed E-state index contributed by atoms with van der Waals surface area (Å²) < 4.78 is 5.13. The summed E-state index contributed by atoms with van der Waals surface area (Å²) in [6, 6.07) is 1.19. The second kappa shape index (κ2) is 5.15. The van der Waals surface area contributed by atoms with Crippen LogP contribution in [-0.4, -0.2) is 48.3 Å². The predicted molar refractivity (Wildman–Crippen MR) is 62.7 cm³/mol. The number of urea groups is 1. The van der Waals surface area contributed by atoms with Gasteiger partial charge in [0.05, 0.1) is 18.8 Å². The van der Waals surface area contributed by atoms with E-state index in [0.29, 0.717) is 31.3 Å². The van der Waals surface area contributed by atoms with Crippen LogP contribution in [0.15, 0.2) is 11.4 Å². The number of ether oxygens (including phenoxy) is 1. The number of anilines is 1. The highest BCUT2D eigenvalue weighted by atomic mass is 32.1. The van der Waals surface area contributed by atoms with Crippen LogP contribution in [0.1, 0.15) is 10.4 Å². The van der Waals surface area contributed by atoms with Crippen LogP contribution in [0, 0.1) is 0 Å². The van der Waals surface area contributed by atoms with E-state index >= 15 is 0 Å². The van der Waals surface area contributed by atoms with Crippen molar-refractivity contribution in [2.45, 2.75) is 0 Å². The average Bonchev–Trinajstić information content (AvgIpc) is 2.78. The Bertz CT molecular complexity index is 426. The van der Waals surface area contributed by atoms with Crippen molar-refractivity contribution >= 4 is 28.3 Å². The number of hydrogen-bond donors (Lipinski definition) is 2. The highest BCUT2D eigenvalue weighted by molar-refractivity contribution is 7.14. The van der Waals surface area contributed by atoms with E-state index in [4.69, 9.17) is 9.84 Å². The summed E-state index contributed by atoms with van der Waals surface area (Å²) in [5.74, 6) is -1.04. The van der Waals surface area contributed by atoms with Gasteiger partial charge in [0.15, 0.2) is 0 Å². The van der Waals surface area contributed by atoms with E-state index < -0.39 is 5.97 Å². The molecule has 2 heterocycles. The summed E-state index contributed by atoms with van der Waals surface area (Å²) in [6.07, 6.45) is 0. The highest BCUT2D eigenvalue weighted by Crippen LogP contribution is 2.23. The number of hydrogen-bond acceptors (Lipinski definition) is 4. The summed E-state index contributed by atoms with van der Waals surface area (Å²) in [5.41, 5.74) is 0.122. The third kappa shape index (κ3) is 2.75. The molecule has 1 aliphatic heterocycles. The number of thiophene rings is 1. The van der Waals surface area contributed by atoms with E-state index in [1.54, 1.807) is 10.3 Å². The van der Waals surface area contributed by atoms with Crippen LogP contribution in [0.25, 0.3) is 0 Å². The van der Waals surface area contributed by atoms with Crippen LogP contribution in [0.4, 0.5) is 9.80 Å². The van der Waals surface area contributed by atoms with Gasteiger partial charge in [-0.3, -0.25) is 5.32 Å². The van der Waals surface area contributed by atoms with Crippen LogP contribution in [0.5, 0.6) is 0 Å². The Morgan fingerprint density at radius 2 is 2.12 bits per heavy atom. The molecule has 1 saturated heterocycles. The number of carbonyl (C=O) groups excluding carboxylic acids is 1. The van der Waals surface area contributed by atoms with E-state index in [1.807, 2.05) is 0 Å².